The van der Waals surface area contributed by atoms with Gasteiger partial charge in [0.1, 0.15) is 6.04 Å². The quantitative estimate of drug-likeness (QED) is 0.805. The molecule has 0 bridgehead atoms. The van der Waals surface area contributed by atoms with Crippen LogP contribution in [-0.2, 0) is 4.79 Å². The van der Waals surface area contributed by atoms with E-state index in [1.54, 1.807) is 4.90 Å². The number of nitriles is 1. The highest BCUT2D eigenvalue weighted by Gasteiger charge is 2.37. The Hall–Kier alpha value is -0.540. The number of hydrogen-bond acceptors (Lipinski definition) is 4. The second-order valence-electron chi connectivity index (χ2n) is 6.71. The van der Waals surface area contributed by atoms with E-state index < -0.39 is 0 Å². The molecule has 1 amide bonds. The maximum absolute atomic E-state index is 12.5. The SMILES string of the molecule is Cl.Cl.N#C[C@@H]1CCCN1C(=O)[C@@H]1C[C@H](NC2CCCCC2)CN1. The molecule has 1 aliphatic carbocycles. The number of carbonyl (C=O) groups is 1. The fraction of sp³-hybridized carbons (Fsp3) is 0.875. The molecular formula is C16H28Cl2N4O. The van der Waals surface area contributed by atoms with E-state index >= 15 is 0 Å². The molecule has 0 spiro atoms. The molecule has 3 aliphatic rings. The monoisotopic (exact) mass is 362 g/mol. The lowest BCUT2D eigenvalue weighted by atomic mass is 9.94. The highest BCUT2D eigenvalue weighted by molar-refractivity contribution is 5.85. The lowest BCUT2D eigenvalue weighted by Crippen LogP contribution is -2.45. The summed E-state index contributed by atoms with van der Waals surface area (Å²) in [4.78, 5) is 14.3. The molecular weight excluding hydrogens is 335 g/mol. The standard InChI is InChI=1S/C16H26N4O.2ClH/c17-10-14-7-4-8-20(14)16(21)15-9-13(11-18-15)19-12-5-2-1-3-6-12;;/h12-15,18-19H,1-9,11H2;2*1H/t13-,14-,15-;;/m0../s1. The summed E-state index contributed by atoms with van der Waals surface area (Å²) in [7, 11) is 0. The fourth-order valence-electron chi connectivity index (χ4n) is 4.02. The molecule has 0 unspecified atom stereocenters. The van der Waals surface area contributed by atoms with Crippen LogP contribution >= 0.6 is 24.8 Å². The molecule has 2 saturated heterocycles. The molecule has 3 fully saturated rings. The summed E-state index contributed by atoms with van der Waals surface area (Å²) in [6.07, 6.45) is 9.24. The fourth-order valence-corrected chi connectivity index (χ4v) is 4.02. The first kappa shape index (κ1) is 20.5. The zero-order chi connectivity index (χ0) is 14.7. The predicted molar refractivity (Wildman–Crippen MR) is 95.0 cm³/mol. The number of amides is 1. The number of nitrogens with zero attached hydrogens (tertiary/aromatic N) is 2. The maximum atomic E-state index is 12.5. The van der Waals surface area contributed by atoms with Crippen molar-refractivity contribution in [2.45, 2.75) is 75.5 Å². The van der Waals surface area contributed by atoms with E-state index in [0.29, 0.717) is 12.1 Å². The summed E-state index contributed by atoms with van der Waals surface area (Å²) in [5, 5.41) is 16.2. The van der Waals surface area contributed by atoms with E-state index in [4.69, 9.17) is 5.26 Å². The van der Waals surface area contributed by atoms with Crippen LogP contribution in [0.1, 0.15) is 51.4 Å². The Labute approximate surface area is 151 Å². The molecule has 0 radical (unpaired) electrons. The van der Waals surface area contributed by atoms with E-state index in [-0.39, 0.29) is 42.8 Å². The van der Waals surface area contributed by atoms with Gasteiger partial charge < -0.3 is 15.5 Å². The Kier molecular flexibility index (Phi) is 8.63. The van der Waals surface area contributed by atoms with Gasteiger partial charge in [0.25, 0.3) is 0 Å². The third kappa shape index (κ3) is 4.96. The first-order valence-electron chi connectivity index (χ1n) is 8.47. The predicted octanol–water partition coefficient (Wildman–Crippen LogP) is 2.00. The molecule has 23 heavy (non-hydrogen) atoms. The molecule has 2 heterocycles. The number of nitrogens with one attached hydrogen (secondary N) is 2. The Morgan fingerprint density at radius 1 is 1.09 bits per heavy atom. The lowest BCUT2D eigenvalue weighted by Gasteiger charge is -2.26. The maximum Gasteiger partial charge on any atom is 0.240 e. The van der Waals surface area contributed by atoms with E-state index in [0.717, 1.165) is 32.4 Å². The van der Waals surface area contributed by atoms with Crippen molar-refractivity contribution in [2.75, 3.05) is 13.1 Å². The second kappa shape index (κ2) is 9.68. The number of halogens is 2. The van der Waals surface area contributed by atoms with Crippen molar-refractivity contribution in [3.05, 3.63) is 0 Å². The molecule has 7 heteroatoms. The number of rotatable bonds is 3. The van der Waals surface area contributed by atoms with Crippen molar-refractivity contribution >= 4 is 30.7 Å². The molecule has 5 nitrogen and oxygen atoms in total. The summed E-state index contributed by atoms with van der Waals surface area (Å²) in [6, 6.07) is 3.00. The van der Waals surface area contributed by atoms with Crippen LogP contribution in [0.4, 0.5) is 0 Å². The van der Waals surface area contributed by atoms with E-state index in [1.807, 2.05) is 0 Å². The molecule has 0 aromatic heterocycles. The topological polar surface area (TPSA) is 68.2 Å². The van der Waals surface area contributed by atoms with Crippen LogP contribution < -0.4 is 10.6 Å². The van der Waals surface area contributed by atoms with Crippen LogP contribution in [-0.4, -0.2) is 48.1 Å². The van der Waals surface area contributed by atoms with E-state index in [2.05, 4.69) is 16.7 Å². The zero-order valence-electron chi connectivity index (χ0n) is 13.5. The molecule has 132 valence electrons. The van der Waals surface area contributed by atoms with Gasteiger partial charge in [0.05, 0.1) is 12.1 Å². The summed E-state index contributed by atoms with van der Waals surface area (Å²) in [5.41, 5.74) is 0. The Morgan fingerprint density at radius 2 is 1.83 bits per heavy atom. The first-order chi connectivity index (χ1) is 10.3. The molecule has 1 saturated carbocycles. The third-order valence-electron chi connectivity index (χ3n) is 5.19. The van der Waals surface area contributed by atoms with Crippen LogP contribution in [0.25, 0.3) is 0 Å². The van der Waals surface area contributed by atoms with Crippen LogP contribution in [0, 0.1) is 11.3 Å². The summed E-state index contributed by atoms with van der Waals surface area (Å²) in [5.74, 6) is 0.131. The van der Waals surface area contributed by atoms with Crippen molar-refractivity contribution in [1.29, 1.82) is 5.26 Å². The summed E-state index contributed by atoms with van der Waals surface area (Å²) >= 11 is 0. The van der Waals surface area contributed by atoms with Gasteiger partial charge in [-0.2, -0.15) is 5.26 Å². The van der Waals surface area contributed by atoms with Gasteiger partial charge in [0, 0.05) is 25.2 Å². The number of hydrogen-bond donors (Lipinski definition) is 2. The van der Waals surface area contributed by atoms with Gasteiger partial charge in [-0.3, -0.25) is 4.79 Å². The first-order valence-corrected chi connectivity index (χ1v) is 8.47. The lowest BCUT2D eigenvalue weighted by molar-refractivity contribution is -0.133. The van der Waals surface area contributed by atoms with Gasteiger partial charge in [-0.1, -0.05) is 19.3 Å². The van der Waals surface area contributed by atoms with Crippen molar-refractivity contribution in [3.63, 3.8) is 0 Å². The minimum absolute atomic E-state index is 0. The van der Waals surface area contributed by atoms with Crippen LogP contribution in [0.15, 0.2) is 0 Å². The molecule has 3 atom stereocenters. The van der Waals surface area contributed by atoms with Gasteiger partial charge in [-0.15, -0.1) is 24.8 Å². The third-order valence-corrected chi connectivity index (χ3v) is 5.19. The van der Waals surface area contributed by atoms with Crippen LogP contribution in [0.3, 0.4) is 0 Å². The number of likely N-dealkylation sites (tertiary alicyclic amines) is 1. The highest BCUT2D eigenvalue weighted by Crippen LogP contribution is 2.22. The van der Waals surface area contributed by atoms with Crippen molar-refractivity contribution in [1.82, 2.24) is 15.5 Å². The Balaban J connectivity index is 0.00000132. The number of carbonyl (C=O) groups excluding carboxylic acids is 1. The molecule has 3 rings (SSSR count). The molecule has 0 aromatic carbocycles. The van der Waals surface area contributed by atoms with Crippen LogP contribution in [0.5, 0.6) is 0 Å². The zero-order valence-corrected chi connectivity index (χ0v) is 15.1. The second-order valence-corrected chi connectivity index (χ2v) is 6.71. The molecule has 0 aromatic rings. The summed E-state index contributed by atoms with van der Waals surface area (Å²) < 4.78 is 0. The largest absolute Gasteiger partial charge is 0.325 e. The van der Waals surface area contributed by atoms with Crippen molar-refractivity contribution < 1.29 is 4.79 Å². The minimum Gasteiger partial charge on any atom is -0.325 e. The normalized spacial score (nSPS) is 31.1. The van der Waals surface area contributed by atoms with Gasteiger partial charge in [0.2, 0.25) is 5.91 Å². The van der Waals surface area contributed by atoms with Crippen molar-refractivity contribution in [2.24, 2.45) is 0 Å². The summed E-state index contributed by atoms with van der Waals surface area (Å²) in [6.45, 7) is 1.62. The van der Waals surface area contributed by atoms with Crippen LogP contribution in [0.2, 0.25) is 0 Å². The molecule has 2 aliphatic heterocycles. The van der Waals surface area contributed by atoms with E-state index in [9.17, 15) is 4.79 Å². The smallest absolute Gasteiger partial charge is 0.240 e. The van der Waals surface area contributed by atoms with E-state index in [1.165, 1.54) is 32.1 Å². The molecule has 2 N–H and O–H groups in total. The average molecular weight is 363 g/mol. The highest BCUT2D eigenvalue weighted by atomic mass is 35.5. The van der Waals surface area contributed by atoms with Gasteiger partial charge in [0.15, 0.2) is 0 Å². The minimum atomic E-state index is -0.204. The Bertz CT molecular complexity index is 423. The van der Waals surface area contributed by atoms with Crippen molar-refractivity contribution in [3.8, 4) is 6.07 Å². The average Bonchev–Trinajstić information content (AvgIpc) is 3.16. The Morgan fingerprint density at radius 3 is 2.52 bits per heavy atom. The van der Waals surface area contributed by atoms with Gasteiger partial charge >= 0.3 is 0 Å². The van der Waals surface area contributed by atoms with Gasteiger partial charge in [-0.25, -0.2) is 0 Å². The van der Waals surface area contributed by atoms with Gasteiger partial charge in [-0.05, 0) is 32.1 Å².